The SMILES string of the molecule is CN=C(NCCc1ncc(C)s1)NCC(F)F. The van der Waals surface area contributed by atoms with E-state index in [1.54, 1.807) is 18.4 Å². The highest BCUT2D eigenvalue weighted by atomic mass is 32.1. The number of halogens is 2. The van der Waals surface area contributed by atoms with E-state index in [0.29, 0.717) is 12.5 Å². The van der Waals surface area contributed by atoms with E-state index in [1.807, 2.05) is 13.1 Å². The molecule has 0 spiro atoms. The van der Waals surface area contributed by atoms with Crippen LogP contribution in [0, 0.1) is 6.92 Å². The summed E-state index contributed by atoms with van der Waals surface area (Å²) in [5.74, 6) is 0.388. The van der Waals surface area contributed by atoms with Crippen LogP contribution in [0.4, 0.5) is 8.78 Å². The molecule has 0 saturated heterocycles. The van der Waals surface area contributed by atoms with E-state index in [1.165, 1.54) is 4.88 Å². The van der Waals surface area contributed by atoms with Crippen LogP contribution < -0.4 is 10.6 Å². The van der Waals surface area contributed by atoms with Crippen molar-refractivity contribution in [2.24, 2.45) is 4.99 Å². The first-order valence-corrected chi connectivity index (χ1v) is 6.07. The quantitative estimate of drug-likeness (QED) is 0.623. The Balaban J connectivity index is 2.24. The summed E-state index contributed by atoms with van der Waals surface area (Å²) in [6, 6.07) is 0. The summed E-state index contributed by atoms with van der Waals surface area (Å²) in [7, 11) is 1.55. The summed E-state index contributed by atoms with van der Waals surface area (Å²) in [6.45, 7) is 2.23. The highest BCUT2D eigenvalue weighted by molar-refractivity contribution is 7.11. The second-order valence-electron chi connectivity index (χ2n) is 3.39. The zero-order valence-electron chi connectivity index (χ0n) is 9.83. The summed E-state index contributed by atoms with van der Waals surface area (Å²) >= 11 is 1.63. The number of guanidine groups is 1. The smallest absolute Gasteiger partial charge is 0.255 e. The van der Waals surface area contributed by atoms with E-state index in [4.69, 9.17) is 0 Å². The largest absolute Gasteiger partial charge is 0.356 e. The number of aryl methyl sites for hydroxylation is 1. The molecule has 4 nitrogen and oxygen atoms in total. The van der Waals surface area contributed by atoms with Gasteiger partial charge in [0.05, 0.1) is 11.6 Å². The van der Waals surface area contributed by atoms with E-state index in [0.717, 1.165) is 11.4 Å². The van der Waals surface area contributed by atoms with Crippen LogP contribution in [0.15, 0.2) is 11.2 Å². The van der Waals surface area contributed by atoms with Gasteiger partial charge in [-0.1, -0.05) is 0 Å². The van der Waals surface area contributed by atoms with E-state index in [2.05, 4.69) is 20.6 Å². The molecule has 17 heavy (non-hydrogen) atoms. The van der Waals surface area contributed by atoms with Crippen molar-refractivity contribution in [3.05, 3.63) is 16.1 Å². The second kappa shape index (κ2) is 7.16. The number of alkyl halides is 2. The van der Waals surface area contributed by atoms with Crippen molar-refractivity contribution in [2.75, 3.05) is 20.1 Å². The highest BCUT2D eigenvalue weighted by Crippen LogP contribution is 2.10. The van der Waals surface area contributed by atoms with Gasteiger partial charge >= 0.3 is 0 Å². The van der Waals surface area contributed by atoms with Crippen molar-refractivity contribution in [1.82, 2.24) is 15.6 Å². The summed E-state index contributed by atoms with van der Waals surface area (Å²) < 4.78 is 23.9. The molecule has 0 aliphatic heterocycles. The van der Waals surface area contributed by atoms with Crippen LogP contribution in [0.3, 0.4) is 0 Å². The normalized spacial score (nSPS) is 11.9. The number of nitrogens with zero attached hydrogens (tertiary/aromatic N) is 2. The minimum Gasteiger partial charge on any atom is -0.356 e. The molecule has 0 atom stereocenters. The average Bonchev–Trinajstić information content (AvgIpc) is 2.69. The van der Waals surface area contributed by atoms with E-state index in [-0.39, 0.29) is 0 Å². The fourth-order valence-corrected chi connectivity index (χ4v) is 1.99. The Kier molecular flexibility index (Phi) is 5.82. The average molecular weight is 262 g/mol. The van der Waals surface area contributed by atoms with E-state index in [9.17, 15) is 8.78 Å². The van der Waals surface area contributed by atoms with Crippen molar-refractivity contribution in [3.8, 4) is 0 Å². The molecule has 1 rings (SSSR count). The Morgan fingerprint density at radius 2 is 2.29 bits per heavy atom. The Hall–Kier alpha value is -1.24. The lowest BCUT2D eigenvalue weighted by atomic mass is 10.4. The van der Waals surface area contributed by atoms with Crippen LogP contribution >= 0.6 is 11.3 Å². The maximum Gasteiger partial charge on any atom is 0.255 e. The summed E-state index contributed by atoms with van der Waals surface area (Å²) in [5.41, 5.74) is 0. The van der Waals surface area contributed by atoms with Gasteiger partial charge in [0.2, 0.25) is 0 Å². The van der Waals surface area contributed by atoms with Crippen LogP contribution in [0.25, 0.3) is 0 Å². The molecule has 0 unspecified atom stereocenters. The third-order valence-corrected chi connectivity index (χ3v) is 2.92. The van der Waals surface area contributed by atoms with Gasteiger partial charge in [0, 0.05) is 31.1 Å². The number of rotatable bonds is 5. The molecule has 7 heteroatoms. The summed E-state index contributed by atoms with van der Waals surface area (Å²) in [6.07, 6.45) is 0.202. The van der Waals surface area contributed by atoms with Crippen molar-refractivity contribution in [3.63, 3.8) is 0 Å². The lowest BCUT2D eigenvalue weighted by Gasteiger charge is -2.10. The number of aliphatic imine (C=N–C) groups is 1. The van der Waals surface area contributed by atoms with Gasteiger partial charge in [-0.25, -0.2) is 13.8 Å². The first kappa shape index (κ1) is 13.8. The molecular weight excluding hydrogens is 246 g/mol. The number of hydrogen-bond acceptors (Lipinski definition) is 3. The molecule has 0 radical (unpaired) electrons. The minimum atomic E-state index is -2.38. The monoisotopic (exact) mass is 262 g/mol. The molecule has 0 amide bonds. The molecule has 0 aliphatic rings. The maximum absolute atomic E-state index is 12.0. The lowest BCUT2D eigenvalue weighted by molar-refractivity contribution is 0.152. The van der Waals surface area contributed by atoms with Gasteiger partial charge in [-0.15, -0.1) is 11.3 Å². The van der Waals surface area contributed by atoms with Gasteiger partial charge in [-0.05, 0) is 6.92 Å². The van der Waals surface area contributed by atoms with Gasteiger partial charge < -0.3 is 10.6 Å². The molecule has 0 fully saturated rings. The highest BCUT2D eigenvalue weighted by Gasteiger charge is 2.04. The zero-order valence-corrected chi connectivity index (χ0v) is 10.7. The lowest BCUT2D eigenvalue weighted by Crippen LogP contribution is -2.40. The molecule has 0 aliphatic carbocycles. The molecule has 0 saturated carbocycles. The predicted molar refractivity (Wildman–Crippen MR) is 65.9 cm³/mol. The second-order valence-corrected chi connectivity index (χ2v) is 4.70. The van der Waals surface area contributed by atoms with E-state index < -0.39 is 13.0 Å². The molecule has 0 aromatic carbocycles. The Morgan fingerprint density at radius 1 is 1.53 bits per heavy atom. The van der Waals surface area contributed by atoms with E-state index >= 15 is 0 Å². The van der Waals surface area contributed by atoms with Crippen LogP contribution in [0.1, 0.15) is 9.88 Å². The molecule has 2 N–H and O–H groups in total. The summed E-state index contributed by atoms with van der Waals surface area (Å²) in [5, 5.41) is 6.51. The van der Waals surface area contributed by atoms with Gasteiger partial charge in [0.1, 0.15) is 0 Å². The van der Waals surface area contributed by atoms with Gasteiger partial charge in [-0.2, -0.15) is 0 Å². The Bertz CT molecular complexity index is 365. The number of hydrogen-bond donors (Lipinski definition) is 2. The van der Waals surface area contributed by atoms with Crippen molar-refractivity contribution < 1.29 is 8.78 Å². The van der Waals surface area contributed by atoms with Crippen molar-refractivity contribution >= 4 is 17.3 Å². The standard InChI is InChI=1S/C10H16F2N4S/c1-7-5-15-9(17-7)3-4-14-10(13-2)16-6-8(11)12/h5,8H,3-4,6H2,1-2H3,(H2,13,14,16). The Labute approximate surface area is 103 Å². The third kappa shape index (κ3) is 5.58. The van der Waals surface area contributed by atoms with Crippen LogP contribution in [-0.4, -0.2) is 37.5 Å². The minimum absolute atomic E-state index is 0.388. The topological polar surface area (TPSA) is 49.3 Å². The fourth-order valence-electron chi connectivity index (χ4n) is 1.20. The maximum atomic E-state index is 12.0. The van der Waals surface area contributed by atoms with Crippen molar-refractivity contribution in [2.45, 2.75) is 19.8 Å². The number of aromatic nitrogens is 1. The predicted octanol–water partition coefficient (Wildman–Crippen LogP) is 1.42. The number of thiazole rings is 1. The Morgan fingerprint density at radius 3 is 2.82 bits per heavy atom. The van der Waals surface area contributed by atoms with Gasteiger partial charge in [-0.3, -0.25) is 4.99 Å². The first-order chi connectivity index (χ1) is 8.11. The number of nitrogens with one attached hydrogen (secondary N) is 2. The summed E-state index contributed by atoms with van der Waals surface area (Å²) in [4.78, 5) is 9.22. The van der Waals surface area contributed by atoms with Crippen LogP contribution in [0.5, 0.6) is 0 Å². The molecule has 96 valence electrons. The van der Waals surface area contributed by atoms with Gasteiger partial charge in [0.25, 0.3) is 6.43 Å². The van der Waals surface area contributed by atoms with Crippen molar-refractivity contribution in [1.29, 1.82) is 0 Å². The van der Waals surface area contributed by atoms with Crippen LogP contribution in [-0.2, 0) is 6.42 Å². The molecular formula is C10H16F2N4S. The fraction of sp³-hybridized carbons (Fsp3) is 0.600. The van der Waals surface area contributed by atoms with Crippen LogP contribution in [0.2, 0.25) is 0 Å². The molecule has 1 aromatic rings. The molecule has 1 aromatic heterocycles. The molecule has 1 heterocycles. The third-order valence-electron chi connectivity index (χ3n) is 1.95. The first-order valence-electron chi connectivity index (χ1n) is 5.25. The zero-order chi connectivity index (χ0) is 12.7. The van der Waals surface area contributed by atoms with Gasteiger partial charge in [0.15, 0.2) is 5.96 Å². The molecule has 0 bridgehead atoms.